The van der Waals surface area contributed by atoms with Gasteiger partial charge in [0.15, 0.2) is 0 Å². The molecule has 1 amide bonds. The number of benzene rings is 1. The number of amides is 1. The first-order valence-electron chi connectivity index (χ1n) is 6.47. The van der Waals surface area contributed by atoms with Crippen LogP contribution in [0.4, 0.5) is 5.95 Å². The highest BCUT2D eigenvalue weighted by molar-refractivity contribution is 5.97. The molecule has 0 spiro atoms. The Morgan fingerprint density at radius 1 is 1.41 bits per heavy atom. The topological polar surface area (TPSA) is 127 Å². The SMILES string of the molecule is N#C/C(=C/Nc1ncn[nH]1)C(=O)NCCc1ccc(O)cc1. The third-order valence-electron chi connectivity index (χ3n) is 2.77. The second-order valence-corrected chi connectivity index (χ2v) is 4.32. The lowest BCUT2D eigenvalue weighted by Crippen LogP contribution is -2.27. The van der Waals surface area contributed by atoms with Gasteiger partial charge in [0.2, 0.25) is 5.95 Å². The van der Waals surface area contributed by atoms with Gasteiger partial charge in [-0.05, 0) is 24.1 Å². The van der Waals surface area contributed by atoms with E-state index >= 15 is 0 Å². The summed E-state index contributed by atoms with van der Waals surface area (Å²) in [7, 11) is 0. The highest BCUT2D eigenvalue weighted by atomic mass is 16.3. The van der Waals surface area contributed by atoms with Crippen LogP contribution < -0.4 is 10.6 Å². The van der Waals surface area contributed by atoms with Gasteiger partial charge in [0.25, 0.3) is 5.91 Å². The summed E-state index contributed by atoms with van der Waals surface area (Å²) in [5.41, 5.74) is 0.905. The van der Waals surface area contributed by atoms with E-state index in [1.165, 1.54) is 12.5 Å². The molecular weight excluding hydrogens is 284 g/mol. The first kappa shape index (κ1) is 15.1. The van der Waals surface area contributed by atoms with Crippen molar-refractivity contribution in [2.75, 3.05) is 11.9 Å². The van der Waals surface area contributed by atoms with E-state index in [9.17, 15) is 9.90 Å². The number of phenolic OH excluding ortho intramolecular Hbond substituents is 1. The van der Waals surface area contributed by atoms with E-state index < -0.39 is 5.91 Å². The second-order valence-electron chi connectivity index (χ2n) is 4.32. The van der Waals surface area contributed by atoms with Crippen LogP contribution in [0, 0.1) is 11.3 Å². The van der Waals surface area contributed by atoms with Crippen LogP contribution in [0.2, 0.25) is 0 Å². The lowest BCUT2D eigenvalue weighted by Gasteiger charge is -2.05. The zero-order valence-electron chi connectivity index (χ0n) is 11.6. The zero-order valence-corrected chi connectivity index (χ0v) is 11.6. The summed E-state index contributed by atoms with van der Waals surface area (Å²) in [4.78, 5) is 15.7. The van der Waals surface area contributed by atoms with Gasteiger partial charge < -0.3 is 15.7 Å². The molecule has 0 fully saturated rings. The first-order valence-corrected chi connectivity index (χ1v) is 6.47. The summed E-state index contributed by atoms with van der Waals surface area (Å²) in [5, 5.41) is 29.7. The van der Waals surface area contributed by atoms with Gasteiger partial charge in [-0.2, -0.15) is 15.3 Å². The quantitative estimate of drug-likeness (QED) is 0.459. The Kier molecular flexibility index (Phi) is 5.09. The molecule has 112 valence electrons. The van der Waals surface area contributed by atoms with E-state index in [0.29, 0.717) is 18.9 Å². The molecule has 0 radical (unpaired) electrons. The van der Waals surface area contributed by atoms with Crippen LogP contribution in [0.25, 0.3) is 0 Å². The number of anilines is 1. The maximum absolute atomic E-state index is 11.8. The van der Waals surface area contributed by atoms with Crippen molar-refractivity contribution in [1.82, 2.24) is 20.5 Å². The van der Waals surface area contributed by atoms with Gasteiger partial charge in [0.05, 0.1) is 0 Å². The number of phenols is 1. The fraction of sp³-hybridized carbons (Fsp3) is 0.143. The fourth-order valence-corrected chi connectivity index (χ4v) is 1.64. The number of carbonyl (C=O) groups is 1. The van der Waals surface area contributed by atoms with Gasteiger partial charge in [-0.1, -0.05) is 12.1 Å². The minimum atomic E-state index is -0.478. The zero-order chi connectivity index (χ0) is 15.8. The van der Waals surface area contributed by atoms with E-state index in [4.69, 9.17) is 5.26 Å². The summed E-state index contributed by atoms with van der Waals surface area (Å²) >= 11 is 0. The van der Waals surface area contributed by atoms with Gasteiger partial charge in [-0.25, -0.2) is 5.10 Å². The van der Waals surface area contributed by atoms with Crippen molar-refractivity contribution in [3.8, 4) is 11.8 Å². The lowest BCUT2D eigenvalue weighted by molar-refractivity contribution is -0.117. The van der Waals surface area contributed by atoms with Crippen LogP contribution in [-0.4, -0.2) is 32.7 Å². The van der Waals surface area contributed by atoms with Crippen LogP contribution in [0.1, 0.15) is 5.56 Å². The molecular formula is C14H14N6O2. The van der Waals surface area contributed by atoms with E-state index in [0.717, 1.165) is 5.56 Å². The molecule has 22 heavy (non-hydrogen) atoms. The Hall–Kier alpha value is -3.34. The number of aromatic hydroxyl groups is 1. The van der Waals surface area contributed by atoms with E-state index in [-0.39, 0.29) is 11.3 Å². The number of aromatic nitrogens is 3. The summed E-state index contributed by atoms with van der Waals surface area (Å²) in [6.45, 7) is 0.380. The van der Waals surface area contributed by atoms with Crippen LogP contribution in [0.5, 0.6) is 5.75 Å². The standard InChI is InChI=1S/C14H14N6O2/c15-7-11(8-17-14-18-9-19-20-14)13(22)16-6-5-10-1-3-12(21)4-2-10/h1-4,8-9,21H,5-6H2,(H,16,22)(H2,17,18,19,20)/b11-8-. The van der Waals surface area contributed by atoms with Gasteiger partial charge in [0.1, 0.15) is 23.7 Å². The molecule has 0 aliphatic carbocycles. The number of hydrogen-bond donors (Lipinski definition) is 4. The number of nitrogens with zero attached hydrogens (tertiary/aromatic N) is 3. The van der Waals surface area contributed by atoms with Crippen molar-refractivity contribution < 1.29 is 9.90 Å². The average molecular weight is 298 g/mol. The maximum atomic E-state index is 11.8. The Balaban J connectivity index is 1.83. The molecule has 2 rings (SSSR count). The Morgan fingerprint density at radius 3 is 2.82 bits per heavy atom. The third-order valence-corrected chi connectivity index (χ3v) is 2.77. The van der Waals surface area contributed by atoms with Crippen LogP contribution in [-0.2, 0) is 11.2 Å². The Morgan fingerprint density at radius 2 is 2.18 bits per heavy atom. The predicted molar refractivity (Wildman–Crippen MR) is 78.5 cm³/mol. The minimum Gasteiger partial charge on any atom is -0.508 e. The van der Waals surface area contributed by atoms with Crippen molar-refractivity contribution in [2.24, 2.45) is 0 Å². The molecule has 1 aromatic heterocycles. The largest absolute Gasteiger partial charge is 0.508 e. The molecule has 1 heterocycles. The number of H-pyrrole nitrogens is 1. The second kappa shape index (κ2) is 7.44. The summed E-state index contributed by atoms with van der Waals surface area (Å²) < 4.78 is 0. The highest BCUT2D eigenvalue weighted by Gasteiger charge is 2.08. The van der Waals surface area contributed by atoms with Gasteiger partial charge in [0, 0.05) is 12.7 Å². The normalized spacial score (nSPS) is 10.8. The molecule has 0 bridgehead atoms. The monoisotopic (exact) mass is 298 g/mol. The predicted octanol–water partition coefficient (Wildman–Crippen LogP) is 0.689. The summed E-state index contributed by atoms with van der Waals surface area (Å²) in [6, 6.07) is 8.52. The average Bonchev–Trinajstić information content (AvgIpc) is 3.03. The molecule has 2 aromatic rings. The number of aromatic amines is 1. The van der Waals surface area contributed by atoms with Crippen molar-refractivity contribution in [2.45, 2.75) is 6.42 Å². The number of hydrogen-bond acceptors (Lipinski definition) is 6. The smallest absolute Gasteiger partial charge is 0.263 e. The number of nitriles is 1. The Labute approximate surface area is 126 Å². The fourth-order valence-electron chi connectivity index (χ4n) is 1.64. The molecule has 0 saturated carbocycles. The Bertz CT molecular complexity index is 685. The molecule has 8 nitrogen and oxygen atoms in total. The van der Waals surface area contributed by atoms with Gasteiger partial charge >= 0.3 is 0 Å². The molecule has 0 unspecified atom stereocenters. The molecule has 0 aliphatic rings. The molecule has 0 aliphatic heterocycles. The van der Waals surface area contributed by atoms with E-state index in [1.54, 1.807) is 24.3 Å². The van der Waals surface area contributed by atoms with Crippen molar-refractivity contribution >= 4 is 11.9 Å². The van der Waals surface area contributed by atoms with Crippen LogP contribution in [0.15, 0.2) is 42.4 Å². The van der Waals surface area contributed by atoms with Crippen molar-refractivity contribution in [3.63, 3.8) is 0 Å². The lowest BCUT2D eigenvalue weighted by atomic mass is 10.1. The summed E-state index contributed by atoms with van der Waals surface area (Å²) in [6.07, 6.45) is 3.16. The molecule has 0 atom stereocenters. The van der Waals surface area contributed by atoms with Crippen molar-refractivity contribution in [3.05, 3.63) is 47.9 Å². The van der Waals surface area contributed by atoms with Crippen molar-refractivity contribution in [1.29, 1.82) is 5.26 Å². The molecule has 1 aromatic carbocycles. The minimum absolute atomic E-state index is 0.0675. The number of carbonyl (C=O) groups excluding carboxylic acids is 1. The molecule has 8 heteroatoms. The van der Waals surface area contributed by atoms with Gasteiger partial charge in [-0.3, -0.25) is 4.79 Å². The maximum Gasteiger partial charge on any atom is 0.263 e. The first-order chi connectivity index (χ1) is 10.7. The van der Waals surface area contributed by atoms with E-state index in [1.807, 2.05) is 6.07 Å². The highest BCUT2D eigenvalue weighted by Crippen LogP contribution is 2.09. The molecule has 4 N–H and O–H groups in total. The molecule has 0 saturated heterocycles. The van der Waals surface area contributed by atoms with E-state index in [2.05, 4.69) is 25.8 Å². The van der Waals surface area contributed by atoms with Gasteiger partial charge in [-0.15, -0.1) is 0 Å². The van der Waals surface area contributed by atoms with Crippen LogP contribution >= 0.6 is 0 Å². The third kappa shape index (κ3) is 4.35. The number of nitrogens with one attached hydrogen (secondary N) is 3. The van der Waals surface area contributed by atoms with Crippen LogP contribution in [0.3, 0.4) is 0 Å². The summed E-state index contributed by atoms with van der Waals surface area (Å²) in [5.74, 6) is 0.0545. The number of rotatable bonds is 6.